The van der Waals surface area contributed by atoms with Crippen molar-refractivity contribution in [3.63, 3.8) is 0 Å². The topological polar surface area (TPSA) is 55.8 Å². The number of rotatable bonds is 8. The zero-order valence-electron chi connectivity index (χ0n) is 13.3. The summed E-state index contributed by atoms with van der Waals surface area (Å²) >= 11 is 0. The van der Waals surface area contributed by atoms with Gasteiger partial charge in [0.05, 0.1) is 12.1 Å². The fraction of sp³-hybridized carbons (Fsp3) is 0.933. The molecule has 2 unspecified atom stereocenters. The molecule has 5 heteroatoms. The van der Waals surface area contributed by atoms with E-state index in [2.05, 4.69) is 24.1 Å². The zero-order chi connectivity index (χ0) is 15.0. The van der Waals surface area contributed by atoms with Crippen LogP contribution in [0.3, 0.4) is 0 Å². The van der Waals surface area contributed by atoms with Gasteiger partial charge in [0, 0.05) is 26.2 Å². The maximum atomic E-state index is 12.2. The van der Waals surface area contributed by atoms with Crippen LogP contribution < -0.4 is 5.32 Å². The maximum Gasteiger partial charge on any atom is 0.239 e. The van der Waals surface area contributed by atoms with Gasteiger partial charge in [-0.05, 0) is 39.3 Å². The van der Waals surface area contributed by atoms with Gasteiger partial charge in [0.25, 0.3) is 0 Å². The van der Waals surface area contributed by atoms with E-state index in [0.29, 0.717) is 13.1 Å². The lowest BCUT2D eigenvalue weighted by Crippen LogP contribution is -2.49. The molecule has 1 heterocycles. The third-order valence-corrected chi connectivity index (χ3v) is 4.06. The smallest absolute Gasteiger partial charge is 0.239 e. The van der Waals surface area contributed by atoms with Crippen molar-refractivity contribution in [1.29, 1.82) is 0 Å². The molecule has 1 amide bonds. The average Bonchev–Trinajstić information content (AvgIpc) is 2.50. The molecule has 2 N–H and O–H groups in total. The lowest BCUT2D eigenvalue weighted by Gasteiger charge is -2.30. The number of carbonyl (C=O) groups excluding carboxylic acids is 1. The van der Waals surface area contributed by atoms with Crippen LogP contribution in [0.2, 0.25) is 0 Å². The Hall–Kier alpha value is -0.650. The Morgan fingerprint density at radius 1 is 1.25 bits per heavy atom. The molecule has 1 rings (SSSR count). The molecule has 0 aromatic heterocycles. The van der Waals surface area contributed by atoms with Crippen LogP contribution in [0.4, 0.5) is 0 Å². The monoisotopic (exact) mass is 285 g/mol. The van der Waals surface area contributed by atoms with Gasteiger partial charge in [-0.15, -0.1) is 0 Å². The Kier molecular flexibility index (Phi) is 8.11. The summed E-state index contributed by atoms with van der Waals surface area (Å²) in [6, 6.07) is -0.209. The zero-order valence-corrected chi connectivity index (χ0v) is 13.3. The number of likely N-dealkylation sites (tertiary alicyclic amines) is 1. The summed E-state index contributed by atoms with van der Waals surface area (Å²) < 4.78 is 0. The van der Waals surface area contributed by atoms with Crippen molar-refractivity contribution in [3.05, 3.63) is 0 Å². The number of nitrogens with one attached hydrogen (secondary N) is 1. The van der Waals surface area contributed by atoms with E-state index in [-0.39, 0.29) is 11.9 Å². The van der Waals surface area contributed by atoms with E-state index < -0.39 is 6.10 Å². The first kappa shape index (κ1) is 17.4. The summed E-state index contributed by atoms with van der Waals surface area (Å²) in [7, 11) is 0. The van der Waals surface area contributed by atoms with Gasteiger partial charge in [-0.25, -0.2) is 0 Å². The number of amides is 1. The molecule has 0 aromatic rings. The fourth-order valence-electron chi connectivity index (χ4n) is 2.63. The van der Waals surface area contributed by atoms with Crippen molar-refractivity contribution in [2.24, 2.45) is 0 Å². The minimum Gasteiger partial charge on any atom is -0.390 e. The van der Waals surface area contributed by atoms with Crippen LogP contribution >= 0.6 is 0 Å². The molecule has 118 valence electrons. The summed E-state index contributed by atoms with van der Waals surface area (Å²) in [5.74, 6) is 0.166. The molecule has 5 nitrogen and oxygen atoms in total. The van der Waals surface area contributed by atoms with E-state index in [1.54, 1.807) is 0 Å². The molecule has 1 saturated heterocycles. The minimum atomic E-state index is -0.425. The molecule has 1 aliphatic heterocycles. The summed E-state index contributed by atoms with van der Waals surface area (Å²) in [6.07, 6.45) is 3.03. The number of aliphatic hydroxyl groups is 1. The second-order valence-corrected chi connectivity index (χ2v) is 5.66. The van der Waals surface area contributed by atoms with Gasteiger partial charge < -0.3 is 20.2 Å². The first-order valence-corrected chi connectivity index (χ1v) is 8.01. The van der Waals surface area contributed by atoms with E-state index in [1.165, 1.54) is 6.42 Å². The predicted molar refractivity (Wildman–Crippen MR) is 81.7 cm³/mol. The van der Waals surface area contributed by atoms with Gasteiger partial charge >= 0.3 is 0 Å². The third-order valence-electron chi connectivity index (χ3n) is 4.06. The van der Waals surface area contributed by atoms with E-state index in [9.17, 15) is 9.90 Å². The number of likely N-dealkylation sites (N-methyl/N-ethyl adjacent to an activating group) is 1. The van der Waals surface area contributed by atoms with Crippen molar-refractivity contribution in [2.75, 3.05) is 39.3 Å². The number of piperidine rings is 1. The van der Waals surface area contributed by atoms with Crippen LogP contribution in [0.1, 0.15) is 40.0 Å². The third kappa shape index (κ3) is 5.77. The molecule has 1 aliphatic rings. The van der Waals surface area contributed by atoms with Gasteiger partial charge in [0.15, 0.2) is 0 Å². The molecule has 0 aliphatic carbocycles. The standard InChI is InChI=1S/C15H31N3O2/c1-4-17(5-2)12-14(19)11-16-13(3)15(20)18-9-7-6-8-10-18/h13-14,16,19H,4-12H2,1-3H3. The number of nitrogens with zero attached hydrogens (tertiary/aromatic N) is 2. The molecular weight excluding hydrogens is 254 g/mol. The van der Waals surface area contributed by atoms with Crippen LogP contribution in [0.15, 0.2) is 0 Å². The Labute approximate surface area is 123 Å². The average molecular weight is 285 g/mol. The highest BCUT2D eigenvalue weighted by molar-refractivity contribution is 5.81. The van der Waals surface area contributed by atoms with Crippen LogP contribution in [-0.4, -0.2) is 72.2 Å². The highest BCUT2D eigenvalue weighted by atomic mass is 16.3. The molecule has 0 spiro atoms. The molecular formula is C15H31N3O2. The molecule has 0 bridgehead atoms. The summed E-state index contributed by atoms with van der Waals surface area (Å²) in [4.78, 5) is 16.3. The molecule has 0 aromatic carbocycles. The summed E-state index contributed by atoms with van der Waals surface area (Å²) in [5, 5.41) is 13.2. The Morgan fingerprint density at radius 3 is 2.40 bits per heavy atom. The largest absolute Gasteiger partial charge is 0.390 e. The number of hydrogen-bond donors (Lipinski definition) is 2. The molecule has 20 heavy (non-hydrogen) atoms. The Morgan fingerprint density at radius 2 is 1.85 bits per heavy atom. The highest BCUT2D eigenvalue weighted by Crippen LogP contribution is 2.09. The normalized spacial score (nSPS) is 19.1. The van der Waals surface area contributed by atoms with Crippen LogP contribution in [-0.2, 0) is 4.79 Å². The van der Waals surface area contributed by atoms with Crippen LogP contribution in [0, 0.1) is 0 Å². The minimum absolute atomic E-state index is 0.166. The summed E-state index contributed by atoms with van der Waals surface area (Å²) in [6.45, 7) is 10.8. The molecule has 1 fully saturated rings. The van der Waals surface area contributed by atoms with E-state index >= 15 is 0 Å². The fourth-order valence-corrected chi connectivity index (χ4v) is 2.63. The van der Waals surface area contributed by atoms with E-state index in [4.69, 9.17) is 0 Å². The first-order chi connectivity index (χ1) is 9.58. The van der Waals surface area contributed by atoms with E-state index in [1.807, 2.05) is 11.8 Å². The van der Waals surface area contributed by atoms with Crippen LogP contribution in [0.25, 0.3) is 0 Å². The van der Waals surface area contributed by atoms with E-state index in [0.717, 1.165) is 39.0 Å². The number of hydrogen-bond acceptors (Lipinski definition) is 4. The maximum absolute atomic E-state index is 12.2. The highest BCUT2D eigenvalue weighted by Gasteiger charge is 2.22. The predicted octanol–water partition coefficient (Wildman–Crippen LogP) is 0.680. The van der Waals surface area contributed by atoms with Crippen molar-refractivity contribution >= 4 is 5.91 Å². The van der Waals surface area contributed by atoms with Crippen LogP contribution in [0.5, 0.6) is 0 Å². The second kappa shape index (κ2) is 9.32. The van der Waals surface area contributed by atoms with Crippen molar-refractivity contribution in [1.82, 2.24) is 15.1 Å². The van der Waals surface area contributed by atoms with Gasteiger partial charge in [-0.2, -0.15) is 0 Å². The summed E-state index contributed by atoms with van der Waals surface area (Å²) in [5.41, 5.74) is 0. The van der Waals surface area contributed by atoms with Gasteiger partial charge in [-0.3, -0.25) is 4.79 Å². The molecule has 0 saturated carbocycles. The van der Waals surface area contributed by atoms with Gasteiger partial charge in [0.1, 0.15) is 0 Å². The molecule has 2 atom stereocenters. The van der Waals surface area contributed by atoms with Crippen molar-refractivity contribution in [2.45, 2.75) is 52.2 Å². The van der Waals surface area contributed by atoms with Gasteiger partial charge in [0.2, 0.25) is 5.91 Å². The lowest BCUT2D eigenvalue weighted by atomic mass is 10.1. The van der Waals surface area contributed by atoms with Crippen molar-refractivity contribution < 1.29 is 9.90 Å². The molecule has 0 radical (unpaired) electrons. The Balaban J connectivity index is 2.27. The first-order valence-electron chi connectivity index (χ1n) is 8.01. The quantitative estimate of drug-likeness (QED) is 0.688. The lowest BCUT2D eigenvalue weighted by molar-refractivity contribution is -0.134. The SMILES string of the molecule is CCN(CC)CC(O)CNC(C)C(=O)N1CCCCC1. The number of aliphatic hydroxyl groups excluding tert-OH is 1. The number of carbonyl (C=O) groups is 1. The van der Waals surface area contributed by atoms with Crippen molar-refractivity contribution in [3.8, 4) is 0 Å². The van der Waals surface area contributed by atoms with Gasteiger partial charge in [-0.1, -0.05) is 13.8 Å². The second-order valence-electron chi connectivity index (χ2n) is 5.66. The Bertz CT molecular complexity index is 276.